The third-order valence-electron chi connectivity index (χ3n) is 7.84. The van der Waals surface area contributed by atoms with Gasteiger partial charge >= 0.3 is 5.97 Å². The van der Waals surface area contributed by atoms with Gasteiger partial charge in [0.1, 0.15) is 0 Å². The quantitative estimate of drug-likeness (QED) is 0.632. The number of benzene rings is 1. The van der Waals surface area contributed by atoms with Crippen LogP contribution in [0.5, 0.6) is 0 Å². The minimum absolute atomic E-state index is 0.0179. The van der Waals surface area contributed by atoms with Crippen LogP contribution in [-0.2, 0) is 27.3 Å². The lowest BCUT2D eigenvalue weighted by molar-refractivity contribution is -0.141. The molecule has 2 N–H and O–H groups in total. The number of ether oxygens (including phenoxy) is 1. The molecule has 4 atom stereocenters. The number of piperidine rings is 1. The third-order valence-corrected chi connectivity index (χ3v) is 8.07. The predicted octanol–water partition coefficient (Wildman–Crippen LogP) is 3.03. The molecule has 5 rings (SSSR count). The van der Waals surface area contributed by atoms with Crippen LogP contribution in [0.25, 0.3) is 10.9 Å². The van der Waals surface area contributed by atoms with Gasteiger partial charge in [0.05, 0.1) is 25.5 Å². The smallest absolute Gasteiger partial charge is 0.307 e. The van der Waals surface area contributed by atoms with E-state index in [1.807, 2.05) is 6.07 Å². The number of methoxy groups -OCH3 is 1. The first-order chi connectivity index (χ1) is 16.0. The van der Waals surface area contributed by atoms with Gasteiger partial charge in [-0.15, -0.1) is 0 Å². The van der Waals surface area contributed by atoms with Gasteiger partial charge in [0.25, 0.3) is 0 Å². The van der Waals surface area contributed by atoms with Gasteiger partial charge in [-0.05, 0) is 63.0 Å². The van der Waals surface area contributed by atoms with Crippen LogP contribution in [0.3, 0.4) is 0 Å². The monoisotopic (exact) mass is 472 g/mol. The van der Waals surface area contributed by atoms with Crippen molar-refractivity contribution in [2.24, 2.45) is 5.92 Å². The zero-order valence-corrected chi connectivity index (χ0v) is 20.2. The second-order valence-electron chi connectivity index (χ2n) is 9.78. The van der Waals surface area contributed by atoms with Gasteiger partial charge in [-0.25, -0.2) is 0 Å². The van der Waals surface area contributed by atoms with E-state index < -0.39 is 0 Å². The van der Waals surface area contributed by atoms with Crippen LogP contribution in [-0.4, -0.2) is 60.7 Å². The molecule has 7 nitrogen and oxygen atoms in total. The Morgan fingerprint density at radius 3 is 2.91 bits per heavy atom. The highest BCUT2D eigenvalue weighted by Crippen LogP contribution is 2.47. The number of nitrogens with zero attached hydrogens (tertiary/aromatic N) is 2. The van der Waals surface area contributed by atoms with Gasteiger partial charge in [-0.1, -0.05) is 11.6 Å². The first-order valence-electron chi connectivity index (χ1n) is 12.1. The number of carbonyl (C=O) groups excluding carboxylic acids is 2. The number of rotatable bonds is 6. The van der Waals surface area contributed by atoms with Crippen molar-refractivity contribution in [1.82, 2.24) is 20.1 Å². The van der Waals surface area contributed by atoms with E-state index in [1.165, 1.54) is 30.2 Å². The molecule has 3 aliphatic rings. The van der Waals surface area contributed by atoms with E-state index in [-0.39, 0.29) is 30.3 Å². The van der Waals surface area contributed by atoms with Crippen LogP contribution in [0.4, 0.5) is 0 Å². The minimum atomic E-state index is -0.334. The summed E-state index contributed by atoms with van der Waals surface area (Å²) in [6, 6.07) is 6.66. The summed E-state index contributed by atoms with van der Waals surface area (Å²) in [5.74, 6) is -0.350. The van der Waals surface area contributed by atoms with Crippen molar-refractivity contribution in [3.63, 3.8) is 0 Å². The Bertz CT molecular complexity index is 1060. The Hall–Kier alpha value is -2.09. The first-order valence-corrected chi connectivity index (χ1v) is 12.4. The maximum atomic E-state index is 13.0. The van der Waals surface area contributed by atoms with E-state index in [0.29, 0.717) is 25.2 Å². The number of fused-ring (bicyclic) bond motifs is 6. The maximum Gasteiger partial charge on any atom is 0.307 e. The molecule has 0 aliphatic carbocycles. The zero-order chi connectivity index (χ0) is 23.1. The number of hydrogen-bond donors (Lipinski definition) is 2. The number of halogens is 1. The summed E-state index contributed by atoms with van der Waals surface area (Å²) in [7, 11) is 3.62. The zero-order valence-electron chi connectivity index (χ0n) is 19.4. The molecule has 0 spiro atoms. The van der Waals surface area contributed by atoms with Crippen LogP contribution in [0.15, 0.2) is 18.2 Å². The van der Waals surface area contributed by atoms with Crippen molar-refractivity contribution in [2.75, 3.05) is 27.2 Å². The van der Waals surface area contributed by atoms with Gasteiger partial charge in [-0.2, -0.15) is 0 Å². The predicted molar refractivity (Wildman–Crippen MR) is 128 cm³/mol. The molecule has 33 heavy (non-hydrogen) atoms. The second kappa shape index (κ2) is 9.28. The van der Waals surface area contributed by atoms with Crippen LogP contribution < -0.4 is 10.6 Å². The highest BCUT2D eigenvalue weighted by molar-refractivity contribution is 6.31. The van der Waals surface area contributed by atoms with Crippen LogP contribution >= 0.6 is 11.6 Å². The number of carbonyl (C=O) groups is 2. The van der Waals surface area contributed by atoms with E-state index in [1.54, 1.807) is 0 Å². The lowest BCUT2D eigenvalue weighted by Gasteiger charge is -2.33. The summed E-state index contributed by atoms with van der Waals surface area (Å²) >= 11 is 6.41. The fourth-order valence-corrected chi connectivity index (χ4v) is 6.27. The van der Waals surface area contributed by atoms with Gasteiger partial charge in [0, 0.05) is 53.2 Å². The molecule has 0 radical (unpaired) electrons. The van der Waals surface area contributed by atoms with Gasteiger partial charge in [0.15, 0.2) is 0 Å². The molecule has 2 bridgehead atoms. The molecular weight excluding hydrogens is 440 g/mol. The van der Waals surface area contributed by atoms with E-state index in [0.717, 1.165) is 42.8 Å². The number of likely N-dealkylation sites (N-methyl/N-ethyl adjacent to an activating group) is 1. The lowest BCUT2D eigenvalue weighted by atomic mass is 9.97. The molecule has 2 saturated heterocycles. The molecule has 1 aromatic heterocycles. The molecule has 1 aromatic carbocycles. The molecular formula is C25H33ClN4O3. The van der Waals surface area contributed by atoms with E-state index in [4.69, 9.17) is 16.3 Å². The number of esters is 1. The van der Waals surface area contributed by atoms with Crippen molar-refractivity contribution in [3.05, 3.63) is 34.5 Å². The molecule has 3 aliphatic heterocycles. The molecule has 8 heteroatoms. The normalized spacial score (nSPS) is 25.6. The highest BCUT2D eigenvalue weighted by Gasteiger charge is 2.41. The summed E-state index contributed by atoms with van der Waals surface area (Å²) in [5, 5.41) is 8.41. The summed E-state index contributed by atoms with van der Waals surface area (Å²) in [5.41, 5.74) is 3.80. The lowest BCUT2D eigenvalue weighted by Crippen LogP contribution is -2.46. The molecule has 2 fully saturated rings. The summed E-state index contributed by atoms with van der Waals surface area (Å²) in [4.78, 5) is 27.8. The third kappa shape index (κ3) is 4.27. The van der Waals surface area contributed by atoms with Crippen LogP contribution in [0.2, 0.25) is 5.02 Å². The van der Waals surface area contributed by atoms with Gasteiger partial charge in [-0.3, -0.25) is 14.5 Å². The minimum Gasteiger partial charge on any atom is -0.469 e. The number of nitrogens with one attached hydrogen (secondary N) is 2. The summed E-state index contributed by atoms with van der Waals surface area (Å²) in [6.45, 7) is 2.18. The highest BCUT2D eigenvalue weighted by atomic mass is 35.5. The average molecular weight is 473 g/mol. The molecule has 1 amide bonds. The Morgan fingerprint density at radius 2 is 2.15 bits per heavy atom. The van der Waals surface area contributed by atoms with E-state index in [2.05, 4.69) is 39.3 Å². The fourth-order valence-electron chi connectivity index (χ4n) is 6.10. The fraction of sp³-hybridized carbons (Fsp3) is 0.600. The van der Waals surface area contributed by atoms with Crippen molar-refractivity contribution in [1.29, 1.82) is 0 Å². The number of aromatic nitrogens is 1. The van der Waals surface area contributed by atoms with Crippen molar-refractivity contribution in [2.45, 2.75) is 63.2 Å². The first kappa shape index (κ1) is 22.7. The number of hydrogen-bond acceptors (Lipinski definition) is 5. The summed E-state index contributed by atoms with van der Waals surface area (Å²) in [6.07, 6.45) is 5.33. The van der Waals surface area contributed by atoms with Crippen molar-refractivity contribution >= 4 is 34.4 Å². The van der Waals surface area contributed by atoms with Crippen LogP contribution in [0.1, 0.15) is 49.4 Å². The molecule has 0 saturated carbocycles. The SMILES string of the molecule is COC(=O)CC(Cn1c2c(c3cc(Cl)ccc31)C1CCC(C2)N1C)NC(=O)C1CCCNC1. The topological polar surface area (TPSA) is 75.6 Å². The Balaban J connectivity index is 1.49. The molecule has 4 unspecified atom stereocenters. The average Bonchev–Trinajstić information content (AvgIpc) is 3.22. The molecule has 4 heterocycles. The Labute approximate surface area is 199 Å². The Morgan fingerprint density at radius 1 is 1.30 bits per heavy atom. The Kier molecular flexibility index (Phi) is 6.38. The maximum absolute atomic E-state index is 13.0. The van der Waals surface area contributed by atoms with E-state index >= 15 is 0 Å². The summed E-state index contributed by atoms with van der Waals surface area (Å²) < 4.78 is 7.29. The van der Waals surface area contributed by atoms with Gasteiger partial charge < -0.3 is 19.9 Å². The van der Waals surface area contributed by atoms with Crippen molar-refractivity contribution in [3.8, 4) is 0 Å². The molecule has 2 aromatic rings. The van der Waals surface area contributed by atoms with Crippen molar-refractivity contribution < 1.29 is 14.3 Å². The second-order valence-corrected chi connectivity index (χ2v) is 10.2. The standard InChI is InChI=1S/C25H33ClN4O3/c1-29-18-6-8-21(29)24-19-10-16(26)5-7-20(19)30(22(24)12-18)14-17(11-23(31)33-2)28-25(32)15-4-3-9-27-13-15/h5,7,10,15,17-18,21,27H,3-4,6,8-9,11-14H2,1-2H3,(H,28,32). The van der Waals surface area contributed by atoms with Crippen LogP contribution in [0, 0.1) is 5.92 Å². The molecule has 178 valence electrons. The van der Waals surface area contributed by atoms with Gasteiger partial charge in [0.2, 0.25) is 5.91 Å². The largest absolute Gasteiger partial charge is 0.469 e. The van der Waals surface area contributed by atoms with E-state index in [9.17, 15) is 9.59 Å². The number of amides is 1.